The van der Waals surface area contributed by atoms with E-state index in [1.165, 1.54) is 154 Å². The topological polar surface area (TPSA) is 78.9 Å². The first-order valence-electron chi connectivity index (χ1n) is 28.4. The zero-order valence-corrected chi connectivity index (χ0v) is 44.2. The van der Waals surface area contributed by atoms with Gasteiger partial charge in [0, 0.05) is 12.8 Å². The van der Waals surface area contributed by atoms with Gasteiger partial charge < -0.3 is 14.2 Å². The summed E-state index contributed by atoms with van der Waals surface area (Å²) in [6, 6.07) is 0. The van der Waals surface area contributed by atoms with Gasteiger partial charge in [-0.25, -0.2) is 0 Å². The van der Waals surface area contributed by atoms with Crippen LogP contribution in [-0.2, 0) is 28.6 Å². The maximum absolute atomic E-state index is 12.7. The van der Waals surface area contributed by atoms with E-state index in [0.717, 1.165) is 83.5 Å². The van der Waals surface area contributed by atoms with Gasteiger partial charge in [-0.1, -0.05) is 261 Å². The predicted molar refractivity (Wildman–Crippen MR) is 288 cm³/mol. The van der Waals surface area contributed by atoms with E-state index in [2.05, 4.69) is 81.5 Å². The third-order valence-corrected chi connectivity index (χ3v) is 12.2. The molecule has 0 aliphatic rings. The van der Waals surface area contributed by atoms with Crippen molar-refractivity contribution in [1.29, 1.82) is 0 Å². The van der Waals surface area contributed by atoms with Crippen LogP contribution in [0.2, 0.25) is 0 Å². The molecule has 0 N–H and O–H groups in total. The van der Waals surface area contributed by atoms with Crippen LogP contribution in [0.4, 0.5) is 0 Å². The van der Waals surface area contributed by atoms with E-state index in [1.54, 1.807) is 6.08 Å². The van der Waals surface area contributed by atoms with Crippen LogP contribution in [0, 0.1) is 0 Å². The number of ether oxygens (including phenoxy) is 3. The Hall–Kier alpha value is -3.15. The van der Waals surface area contributed by atoms with Crippen LogP contribution in [0.5, 0.6) is 0 Å². The Bertz CT molecular complexity index is 1260. The van der Waals surface area contributed by atoms with Crippen LogP contribution < -0.4 is 0 Å². The Kier molecular flexibility index (Phi) is 52.8. The second-order valence-corrected chi connectivity index (χ2v) is 18.8. The smallest absolute Gasteiger partial charge is 0.310 e. The third kappa shape index (κ3) is 53.7. The van der Waals surface area contributed by atoms with Gasteiger partial charge in [0.15, 0.2) is 6.10 Å². The molecule has 0 amide bonds. The number of hydrogen-bond donors (Lipinski definition) is 0. The predicted octanol–water partition coefficient (Wildman–Crippen LogP) is 19.0. The molecule has 1 unspecified atom stereocenters. The molecule has 386 valence electrons. The van der Waals surface area contributed by atoms with Crippen molar-refractivity contribution in [2.45, 2.75) is 284 Å². The number of carbonyl (C=O) groups excluding carboxylic acids is 3. The molecule has 1 atom stereocenters. The molecule has 0 aromatic heterocycles. The molecule has 0 aromatic carbocycles. The lowest BCUT2D eigenvalue weighted by molar-refractivity contribution is -0.166. The maximum Gasteiger partial charge on any atom is 0.310 e. The Morgan fingerprint density at radius 2 is 0.627 bits per heavy atom. The maximum atomic E-state index is 12.7. The number of rotatable bonds is 51. The van der Waals surface area contributed by atoms with Crippen molar-refractivity contribution in [1.82, 2.24) is 0 Å². The van der Waals surface area contributed by atoms with E-state index in [1.807, 2.05) is 6.08 Å². The minimum Gasteiger partial charge on any atom is -0.462 e. The van der Waals surface area contributed by atoms with Crippen molar-refractivity contribution in [3.63, 3.8) is 0 Å². The average Bonchev–Trinajstić information content (AvgIpc) is 3.33. The molecule has 67 heavy (non-hydrogen) atoms. The van der Waals surface area contributed by atoms with Gasteiger partial charge in [0.1, 0.15) is 13.2 Å². The van der Waals surface area contributed by atoms with E-state index >= 15 is 0 Å². The highest BCUT2D eigenvalue weighted by Gasteiger charge is 2.19. The van der Waals surface area contributed by atoms with E-state index in [0.29, 0.717) is 12.8 Å². The molecule has 0 aliphatic carbocycles. The van der Waals surface area contributed by atoms with Crippen molar-refractivity contribution in [2.24, 2.45) is 0 Å². The van der Waals surface area contributed by atoms with Crippen LogP contribution in [0.15, 0.2) is 72.9 Å². The second-order valence-electron chi connectivity index (χ2n) is 18.8. The van der Waals surface area contributed by atoms with Crippen LogP contribution in [0.3, 0.4) is 0 Å². The largest absolute Gasteiger partial charge is 0.462 e. The molecular weight excluding hydrogens is 829 g/mol. The van der Waals surface area contributed by atoms with E-state index in [-0.39, 0.29) is 31.6 Å². The van der Waals surface area contributed by atoms with Gasteiger partial charge >= 0.3 is 17.9 Å². The molecule has 0 bridgehead atoms. The zero-order valence-electron chi connectivity index (χ0n) is 44.2. The SMILES string of the molecule is CC/C=C\C/C=C\C/C=C\C/C=C\C/C=C\CC(=O)OC(COC(=O)CCCCCCC)COC(=O)CCCCCCCCCCCCCCCCCCC/C=C\CCCCCCCCCC. The summed E-state index contributed by atoms with van der Waals surface area (Å²) in [5.74, 6) is -1.05. The summed E-state index contributed by atoms with van der Waals surface area (Å²) >= 11 is 0. The summed E-state index contributed by atoms with van der Waals surface area (Å²) in [6.07, 6.45) is 71.3. The minimum absolute atomic E-state index is 0.0989. The van der Waals surface area contributed by atoms with E-state index < -0.39 is 12.1 Å². The Morgan fingerprint density at radius 1 is 0.328 bits per heavy atom. The first-order chi connectivity index (χ1) is 33.0. The Morgan fingerprint density at radius 3 is 0.970 bits per heavy atom. The molecular formula is C61H106O6. The van der Waals surface area contributed by atoms with Crippen LogP contribution >= 0.6 is 0 Å². The van der Waals surface area contributed by atoms with Crippen LogP contribution in [-0.4, -0.2) is 37.2 Å². The molecule has 0 fully saturated rings. The fraction of sp³-hybridized carbons (Fsp3) is 0.754. The van der Waals surface area contributed by atoms with Crippen LogP contribution in [0.1, 0.15) is 278 Å². The second kappa shape index (κ2) is 55.4. The van der Waals surface area contributed by atoms with E-state index in [9.17, 15) is 14.4 Å². The number of unbranched alkanes of at least 4 members (excludes halogenated alkanes) is 29. The minimum atomic E-state index is -0.824. The highest BCUT2D eigenvalue weighted by molar-refractivity contribution is 5.72. The number of carbonyl (C=O) groups is 3. The molecule has 0 saturated carbocycles. The highest BCUT2D eigenvalue weighted by Crippen LogP contribution is 2.16. The van der Waals surface area contributed by atoms with Crippen molar-refractivity contribution >= 4 is 17.9 Å². The molecule has 0 saturated heterocycles. The van der Waals surface area contributed by atoms with Crippen molar-refractivity contribution < 1.29 is 28.6 Å². The lowest BCUT2D eigenvalue weighted by Crippen LogP contribution is -2.30. The van der Waals surface area contributed by atoms with Crippen molar-refractivity contribution in [3.8, 4) is 0 Å². The Labute approximate surface area is 414 Å². The zero-order chi connectivity index (χ0) is 48.6. The lowest BCUT2D eigenvalue weighted by atomic mass is 10.0. The summed E-state index contributed by atoms with van der Waals surface area (Å²) in [5, 5.41) is 0. The molecule has 0 radical (unpaired) electrons. The fourth-order valence-electron chi connectivity index (χ4n) is 7.98. The average molecular weight is 936 g/mol. The van der Waals surface area contributed by atoms with Gasteiger partial charge in [0.25, 0.3) is 0 Å². The van der Waals surface area contributed by atoms with E-state index in [4.69, 9.17) is 14.2 Å². The molecule has 0 spiro atoms. The first-order valence-corrected chi connectivity index (χ1v) is 28.4. The van der Waals surface area contributed by atoms with Crippen molar-refractivity contribution in [3.05, 3.63) is 72.9 Å². The lowest BCUT2D eigenvalue weighted by Gasteiger charge is -2.18. The van der Waals surface area contributed by atoms with Gasteiger partial charge in [-0.3, -0.25) is 14.4 Å². The highest BCUT2D eigenvalue weighted by atomic mass is 16.6. The van der Waals surface area contributed by atoms with Gasteiger partial charge in [-0.05, 0) is 70.6 Å². The fourth-order valence-corrected chi connectivity index (χ4v) is 7.98. The number of hydrogen-bond acceptors (Lipinski definition) is 6. The number of allylic oxidation sites excluding steroid dienone is 11. The third-order valence-electron chi connectivity index (χ3n) is 12.2. The summed E-state index contributed by atoms with van der Waals surface area (Å²) in [7, 11) is 0. The normalized spacial score (nSPS) is 12.6. The van der Waals surface area contributed by atoms with Gasteiger partial charge in [-0.2, -0.15) is 0 Å². The summed E-state index contributed by atoms with van der Waals surface area (Å²) < 4.78 is 16.6. The standard InChI is InChI=1S/C61H106O6/c1-4-7-10-13-15-17-19-21-23-24-25-26-27-28-29-30-31-32-33-34-35-36-38-39-41-43-45-48-51-54-60(63)66-57-58(56-65-59(62)53-50-47-12-9-6-3)67-61(64)55-52-49-46-44-42-40-37-22-20-18-16-14-11-8-5-2/h8,11,16,18,22,24-25,37,42,44,49,52,58H,4-7,9-10,12-15,17,19-21,23,26-36,38-41,43,45-48,50-51,53-57H2,1-3H3/b11-8-,18-16-,25-24-,37-22-,44-42-,52-49-. The summed E-state index contributed by atoms with van der Waals surface area (Å²) in [4.78, 5) is 37.6. The summed E-state index contributed by atoms with van der Waals surface area (Å²) in [5.41, 5.74) is 0. The van der Waals surface area contributed by atoms with Gasteiger partial charge in [0.2, 0.25) is 0 Å². The molecule has 0 heterocycles. The number of esters is 3. The van der Waals surface area contributed by atoms with Gasteiger partial charge in [-0.15, -0.1) is 0 Å². The summed E-state index contributed by atoms with van der Waals surface area (Å²) in [6.45, 7) is 6.36. The van der Waals surface area contributed by atoms with Crippen molar-refractivity contribution in [2.75, 3.05) is 13.2 Å². The quantitative estimate of drug-likeness (QED) is 0.0262. The molecule has 0 rings (SSSR count). The molecule has 6 heteroatoms. The molecule has 6 nitrogen and oxygen atoms in total. The first kappa shape index (κ1) is 63.8. The Balaban J connectivity index is 4.04. The monoisotopic (exact) mass is 935 g/mol. The van der Waals surface area contributed by atoms with Gasteiger partial charge in [0.05, 0.1) is 6.42 Å². The molecule has 0 aromatic rings. The van der Waals surface area contributed by atoms with Crippen LogP contribution in [0.25, 0.3) is 0 Å². The molecule has 0 aliphatic heterocycles.